The van der Waals surface area contributed by atoms with Crippen LogP contribution < -0.4 is 15.2 Å². The number of anilines is 1. The molecule has 1 heterocycles. The summed E-state index contributed by atoms with van der Waals surface area (Å²) in [6.45, 7) is 0.122. The highest BCUT2D eigenvalue weighted by Gasteiger charge is 2.16. The van der Waals surface area contributed by atoms with E-state index in [1.165, 1.54) is 4.57 Å². The topological polar surface area (TPSA) is 71.8 Å². The monoisotopic (exact) mass is 262 g/mol. The van der Waals surface area contributed by atoms with Crippen molar-refractivity contribution in [3.8, 4) is 11.5 Å². The quantitative estimate of drug-likeness (QED) is 0.830. The van der Waals surface area contributed by atoms with Gasteiger partial charge >= 0.3 is 0 Å². The third kappa shape index (κ3) is 2.01. The van der Waals surface area contributed by atoms with Gasteiger partial charge in [-0.25, -0.2) is 0 Å². The molecule has 0 spiro atoms. The van der Waals surface area contributed by atoms with E-state index in [1.54, 1.807) is 25.2 Å². The molecule has 0 saturated heterocycles. The van der Waals surface area contributed by atoms with Crippen LogP contribution in [0.2, 0.25) is 0 Å². The maximum absolute atomic E-state index is 12.0. The van der Waals surface area contributed by atoms with Crippen molar-refractivity contribution >= 4 is 23.1 Å². The molecule has 0 aliphatic rings. The molecule has 1 N–H and O–H groups in total. The van der Waals surface area contributed by atoms with Crippen LogP contribution in [0.5, 0.6) is 11.5 Å². The molecule has 1 aromatic heterocycles. The molecule has 0 fully saturated rings. The number of carbonyl (C=O) groups excluding carboxylic acids is 1. The Labute approximate surface area is 109 Å². The molecule has 2 rings (SSSR count). The number of rotatable bonds is 3. The number of aryl methyl sites for hydroxylation is 1. The summed E-state index contributed by atoms with van der Waals surface area (Å²) in [5.74, 6) is -0.682. The van der Waals surface area contributed by atoms with E-state index in [0.29, 0.717) is 10.9 Å². The third-order valence-electron chi connectivity index (χ3n) is 2.99. The summed E-state index contributed by atoms with van der Waals surface area (Å²) < 4.78 is 5.89. The van der Waals surface area contributed by atoms with E-state index in [2.05, 4.69) is 4.74 Å². The zero-order valence-corrected chi connectivity index (χ0v) is 10.9. The van der Waals surface area contributed by atoms with Crippen LogP contribution in [0.1, 0.15) is 0 Å². The molecular weight excluding hydrogens is 248 g/mol. The van der Waals surface area contributed by atoms with E-state index in [-0.39, 0.29) is 18.0 Å². The first-order valence-corrected chi connectivity index (χ1v) is 5.60. The highest BCUT2D eigenvalue weighted by Crippen LogP contribution is 2.32. The molecule has 1 aromatic carbocycles. The summed E-state index contributed by atoms with van der Waals surface area (Å²) in [5, 5.41) is 10.5. The van der Waals surface area contributed by atoms with E-state index < -0.39 is 5.56 Å². The van der Waals surface area contributed by atoms with E-state index in [1.807, 2.05) is 19.0 Å². The van der Waals surface area contributed by atoms with Crippen LogP contribution in [0.25, 0.3) is 10.9 Å². The molecule has 100 valence electrons. The number of fused-ring (bicyclic) bond motifs is 1. The highest BCUT2D eigenvalue weighted by atomic mass is 16.5. The van der Waals surface area contributed by atoms with Crippen molar-refractivity contribution in [3.05, 3.63) is 28.6 Å². The largest absolute Gasteiger partial charge is 0.504 e. The molecule has 0 radical (unpaired) electrons. The minimum Gasteiger partial charge on any atom is -0.504 e. The molecule has 2 aromatic rings. The minimum atomic E-state index is -0.562. The first-order valence-electron chi connectivity index (χ1n) is 5.60. The number of ether oxygens (including phenoxy) is 1. The Kier molecular flexibility index (Phi) is 3.16. The lowest BCUT2D eigenvalue weighted by molar-refractivity contribution is -0.120. The lowest BCUT2D eigenvalue weighted by atomic mass is 10.1. The molecule has 0 aliphatic heterocycles. The zero-order chi connectivity index (χ0) is 14.2. The number of carbonyl (C=O) groups is 1. The fraction of sp³-hybridized carbons (Fsp3) is 0.231. The number of hydrogen-bond acceptors (Lipinski definition) is 5. The second-order valence-corrected chi connectivity index (χ2v) is 4.35. The van der Waals surface area contributed by atoms with E-state index in [0.717, 1.165) is 5.69 Å². The zero-order valence-electron chi connectivity index (χ0n) is 10.9. The third-order valence-corrected chi connectivity index (χ3v) is 2.99. The molecule has 0 unspecified atom stereocenters. The van der Waals surface area contributed by atoms with Crippen LogP contribution in [-0.2, 0) is 11.8 Å². The Balaban J connectivity index is 2.85. The molecule has 0 atom stereocenters. The van der Waals surface area contributed by atoms with Crippen LogP contribution in [0.15, 0.2) is 23.0 Å². The summed E-state index contributed by atoms with van der Waals surface area (Å²) in [6, 6.07) is 5.26. The smallest absolute Gasteiger partial charge is 0.298 e. The van der Waals surface area contributed by atoms with Gasteiger partial charge in [-0.15, -0.1) is 0 Å². The lowest BCUT2D eigenvalue weighted by Crippen LogP contribution is -2.20. The maximum Gasteiger partial charge on any atom is 0.298 e. The van der Waals surface area contributed by atoms with Gasteiger partial charge < -0.3 is 19.3 Å². The Bertz CT molecular complexity index is 704. The Hall–Kier alpha value is -2.50. The average Bonchev–Trinajstić information content (AvgIpc) is 2.40. The van der Waals surface area contributed by atoms with Gasteiger partial charge in [0.15, 0.2) is 5.75 Å². The molecule has 19 heavy (non-hydrogen) atoms. The molecular formula is C13H14N2O4. The van der Waals surface area contributed by atoms with Gasteiger partial charge in [-0.3, -0.25) is 9.59 Å². The first-order chi connectivity index (χ1) is 8.97. The van der Waals surface area contributed by atoms with Gasteiger partial charge in [0, 0.05) is 32.2 Å². The summed E-state index contributed by atoms with van der Waals surface area (Å²) >= 11 is 0. The van der Waals surface area contributed by atoms with Crippen molar-refractivity contribution in [1.82, 2.24) is 4.57 Å². The fourth-order valence-corrected chi connectivity index (χ4v) is 1.92. The Morgan fingerprint density at radius 3 is 2.63 bits per heavy atom. The van der Waals surface area contributed by atoms with Gasteiger partial charge in [0.2, 0.25) is 5.75 Å². The summed E-state index contributed by atoms with van der Waals surface area (Å²) in [7, 11) is 5.31. The molecule has 6 nitrogen and oxygen atoms in total. The predicted octanol–water partition coefficient (Wildman–Crippen LogP) is 0.845. The normalized spacial score (nSPS) is 10.5. The molecule has 6 heteroatoms. The number of aromatic hydroxyl groups is 1. The SMILES string of the molecule is CN(C)c1ccc2c(O)c(OC=O)c(=O)n(C)c2c1. The van der Waals surface area contributed by atoms with Gasteiger partial charge in [-0.1, -0.05) is 0 Å². The molecule has 0 bridgehead atoms. The number of pyridine rings is 1. The summed E-state index contributed by atoms with van der Waals surface area (Å²) in [6.07, 6.45) is 0. The van der Waals surface area contributed by atoms with Gasteiger partial charge in [-0.05, 0) is 18.2 Å². The van der Waals surface area contributed by atoms with E-state index in [9.17, 15) is 14.7 Å². The number of benzene rings is 1. The van der Waals surface area contributed by atoms with Gasteiger partial charge in [0.25, 0.3) is 12.0 Å². The maximum atomic E-state index is 12.0. The molecule has 0 aliphatic carbocycles. The number of hydrogen-bond donors (Lipinski definition) is 1. The predicted molar refractivity (Wildman–Crippen MR) is 71.9 cm³/mol. The van der Waals surface area contributed by atoms with Crippen molar-refractivity contribution < 1.29 is 14.6 Å². The number of nitrogens with zero attached hydrogens (tertiary/aromatic N) is 2. The van der Waals surface area contributed by atoms with Crippen molar-refractivity contribution in [1.29, 1.82) is 0 Å². The second kappa shape index (κ2) is 4.64. The van der Waals surface area contributed by atoms with Crippen molar-refractivity contribution in [2.45, 2.75) is 0 Å². The van der Waals surface area contributed by atoms with Crippen molar-refractivity contribution in [2.24, 2.45) is 7.05 Å². The summed E-state index contributed by atoms with van der Waals surface area (Å²) in [5.41, 5.74) is 0.894. The second-order valence-electron chi connectivity index (χ2n) is 4.35. The van der Waals surface area contributed by atoms with Crippen molar-refractivity contribution in [3.63, 3.8) is 0 Å². The fourth-order valence-electron chi connectivity index (χ4n) is 1.92. The molecule has 0 amide bonds. The van der Waals surface area contributed by atoms with Crippen LogP contribution in [-0.4, -0.2) is 30.2 Å². The van der Waals surface area contributed by atoms with Crippen molar-refractivity contribution in [2.75, 3.05) is 19.0 Å². The van der Waals surface area contributed by atoms with Gasteiger partial charge in [-0.2, -0.15) is 0 Å². The van der Waals surface area contributed by atoms with Crippen LogP contribution in [0.4, 0.5) is 5.69 Å². The lowest BCUT2D eigenvalue weighted by Gasteiger charge is -2.15. The minimum absolute atomic E-state index is 0.122. The average molecular weight is 262 g/mol. The Morgan fingerprint density at radius 1 is 1.37 bits per heavy atom. The Morgan fingerprint density at radius 2 is 2.05 bits per heavy atom. The van der Waals surface area contributed by atoms with E-state index in [4.69, 9.17) is 0 Å². The van der Waals surface area contributed by atoms with Crippen LogP contribution in [0, 0.1) is 0 Å². The highest BCUT2D eigenvalue weighted by molar-refractivity contribution is 5.90. The van der Waals surface area contributed by atoms with Gasteiger partial charge in [0.05, 0.1) is 5.52 Å². The van der Waals surface area contributed by atoms with Gasteiger partial charge in [0.1, 0.15) is 0 Å². The summed E-state index contributed by atoms with van der Waals surface area (Å²) in [4.78, 5) is 24.2. The van der Waals surface area contributed by atoms with Crippen LogP contribution >= 0.6 is 0 Å². The van der Waals surface area contributed by atoms with Crippen LogP contribution in [0.3, 0.4) is 0 Å². The molecule has 0 saturated carbocycles. The van der Waals surface area contributed by atoms with E-state index >= 15 is 0 Å². The number of aromatic nitrogens is 1. The standard InChI is InChI=1S/C13H14N2O4/c1-14(2)8-4-5-9-10(6-8)15(3)13(18)12(11(9)17)19-7-16/h4-7,17H,1-3H3. The first kappa shape index (κ1) is 12.9.